The quantitative estimate of drug-likeness (QED) is 0.467. The largest absolute Gasteiger partial charge is 0.494 e. The van der Waals surface area contributed by atoms with Crippen LogP contribution in [0.15, 0.2) is 77.7 Å². The van der Waals surface area contributed by atoms with E-state index < -0.39 is 15.7 Å². The van der Waals surface area contributed by atoms with Crippen molar-refractivity contribution < 1.29 is 22.7 Å². The van der Waals surface area contributed by atoms with E-state index in [0.29, 0.717) is 34.6 Å². The molecule has 0 aliphatic heterocycles. The van der Waals surface area contributed by atoms with Crippen molar-refractivity contribution in [2.75, 3.05) is 17.7 Å². The molecule has 3 aromatic rings. The minimum atomic E-state index is -3.60. The Bertz CT molecular complexity index is 1150. The molecule has 0 spiro atoms. The maximum absolute atomic E-state index is 12.4. The van der Waals surface area contributed by atoms with Crippen molar-refractivity contribution in [2.24, 2.45) is 0 Å². The molecule has 3 rings (SSSR count). The summed E-state index contributed by atoms with van der Waals surface area (Å²) in [6.45, 7) is 2.43. The molecule has 0 aliphatic carbocycles. The lowest BCUT2D eigenvalue weighted by atomic mass is 10.2. The first kappa shape index (κ1) is 22.7. The van der Waals surface area contributed by atoms with Crippen molar-refractivity contribution in [3.8, 4) is 17.2 Å². The van der Waals surface area contributed by atoms with Gasteiger partial charge in [-0.1, -0.05) is 29.8 Å². The van der Waals surface area contributed by atoms with Crippen LogP contribution in [0.2, 0.25) is 5.02 Å². The molecule has 0 unspecified atom stereocenters. The van der Waals surface area contributed by atoms with E-state index in [0.717, 1.165) is 0 Å². The van der Waals surface area contributed by atoms with Crippen LogP contribution in [-0.4, -0.2) is 26.7 Å². The third kappa shape index (κ3) is 6.47. The average molecular weight is 460 g/mol. The fourth-order valence-corrected chi connectivity index (χ4v) is 4.15. The molecular formula is C23H22ClNO5S. The van der Waals surface area contributed by atoms with Gasteiger partial charge in [0.1, 0.15) is 11.5 Å². The molecule has 0 bridgehead atoms. The number of rotatable bonds is 9. The van der Waals surface area contributed by atoms with E-state index in [-0.39, 0.29) is 17.1 Å². The molecule has 1 N–H and O–H groups in total. The summed E-state index contributed by atoms with van der Waals surface area (Å²) in [5.74, 6) is 0.911. The van der Waals surface area contributed by atoms with Gasteiger partial charge in [-0.3, -0.25) is 4.79 Å². The van der Waals surface area contributed by atoms with Crippen LogP contribution in [-0.2, 0) is 14.6 Å². The van der Waals surface area contributed by atoms with Gasteiger partial charge < -0.3 is 14.8 Å². The molecule has 162 valence electrons. The Morgan fingerprint density at radius 3 is 2.42 bits per heavy atom. The highest BCUT2D eigenvalue weighted by Gasteiger charge is 2.17. The summed E-state index contributed by atoms with van der Waals surface area (Å²) in [7, 11) is -3.60. The standard InChI is InChI=1S/C23H22ClNO5S/c1-2-29-18-6-5-7-19(16-18)30-22-9-4-3-8-21(22)25-23(26)14-15-31(27,28)20-12-10-17(24)11-13-20/h3-13,16H,2,14-15H2,1H3,(H,25,26). The second-order valence-corrected chi connectivity index (χ2v) is 9.12. The zero-order chi connectivity index (χ0) is 22.3. The highest BCUT2D eigenvalue weighted by molar-refractivity contribution is 7.91. The maximum Gasteiger partial charge on any atom is 0.225 e. The number of nitrogens with one attached hydrogen (secondary N) is 1. The van der Waals surface area contributed by atoms with Crippen LogP contribution < -0.4 is 14.8 Å². The third-order valence-corrected chi connectivity index (χ3v) is 6.26. The molecule has 0 aromatic heterocycles. The van der Waals surface area contributed by atoms with E-state index in [9.17, 15) is 13.2 Å². The van der Waals surface area contributed by atoms with Gasteiger partial charge in [-0.25, -0.2) is 8.42 Å². The fraction of sp³-hybridized carbons (Fsp3) is 0.174. The number of benzene rings is 3. The summed E-state index contributed by atoms with van der Waals surface area (Å²) in [6, 6.07) is 20.0. The lowest BCUT2D eigenvalue weighted by Crippen LogP contribution is -2.17. The molecule has 8 heteroatoms. The lowest BCUT2D eigenvalue weighted by Gasteiger charge is -2.13. The smallest absolute Gasteiger partial charge is 0.225 e. The number of anilines is 1. The predicted molar refractivity (Wildman–Crippen MR) is 121 cm³/mol. The van der Waals surface area contributed by atoms with Crippen LogP contribution in [0.1, 0.15) is 13.3 Å². The molecule has 0 atom stereocenters. The molecule has 0 saturated heterocycles. The van der Waals surface area contributed by atoms with E-state index in [2.05, 4.69) is 5.32 Å². The van der Waals surface area contributed by atoms with Crippen LogP contribution in [0.25, 0.3) is 0 Å². The van der Waals surface area contributed by atoms with E-state index in [1.54, 1.807) is 36.4 Å². The second-order valence-electron chi connectivity index (χ2n) is 6.58. The van der Waals surface area contributed by atoms with Gasteiger partial charge in [-0.05, 0) is 55.5 Å². The number of para-hydroxylation sites is 2. The molecule has 1 amide bonds. The van der Waals surface area contributed by atoms with E-state index in [1.165, 1.54) is 24.3 Å². The molecule has 31 heavy (non-hydrogen) atoms. The number of carbonyl (C=O) groups excluding carboxylic acids is 1. The van der Waals surface area contributed by atoms with Gasteiger partial charge in [0.25, 0.3) is 0 Å². The summed E-state index contributed by atoms with van der Waals surface area (Å²) < 4.78 is 36.2. The fourth-order valence-electron chi connectivity index (χ4n) is 2.78. The molecular weight excluding hydrogens is 438 g/mol. The maximum atomic E-state index is 12.4. The summed E-state index contributed by atoms with van der Waals surface area (Å²) in [5.41, 5.74) is 0.443. The summed E-state index contributed by atoms with van der Waals surface area (Å²) in [5, 5.41) is 3.17. The normalized spacial score (nSPS) is 11.0. The SMILES string of the molecule is CCOc1cccc(Oc2ccccc2NC(=O)CCS(=O)(=O)c2ccc(Cl)cc2)c1. The first-order valence-corrected chi connectivity index (χ1v) is 11.7. The second kappa shape index (κ2) is 10.3. The topological polar surface area (TPSA) is 81.7 Å². The monoisotopic (exact) mass is 459 g/mol. The first-order chi connectivity index (χ1) is 14.9. The number of halogens is 1. The number of ether oxygens (including phenoxy) is 2. The number of hydrogen-bond donors (Lipinski definition) is 1. The molecule has 0 fully saturated rings. The zero-order valence-electron chi connectivity index (χ0n) is 16.9. The van der Waals surface area contributed by atoms with Crippen LogP contribution in [0, 0.1) is 0 Å². The Kier molecular flexibility index (Phi) is 7.55. The summed E-state index contributed by atoms with van der Waals surface area (Å²) in [6.07, 6.45) is -0.195. The summed E-state index contributed by atoms with van der Waals surface area (Å²) >= 11 is 5.80. The van der Waals surface area contributed by atoms with E-state index in [4.69, 9.17) is 21.1 Å². The van der Waals surface area contributed by atoms with Crippen molar-refractivity contribution in [3.05, 3.63) is 77.8 Å². The number of carbonyl (C=O) groups is 1. The first-order valence-electron chi connectivity index (χ1n) is 9.65. The van der Waals surface area contributed by atoms with Crippen LogP contribution >= 0.6 is 11.6 Å². The Hall–Kier alpha value is -3.03. The van der Waals surface area contributed by atoms with Crippen LogP contribution in [0.4, 0.5) is 5.69 Å². The molecule has 0 heterocycles. The van der Waals surface area contributed by atoms with Gasteiger partial charge >= 0.3 is 0 Å². The van der Waals surface area contributed by atoms with Crippen LogP contribution in [0.5, 0.6) is 17.2 Å². The molecule has 6 nitrogen and oxygen atoms in total. The minimum Gasteiger partial charge on any atom is -0.494 e. The Balaban J connectivity index is 1.65. The Labute approximate surface area is 186 Å². The predicted octanol–water partition coefficient (Wildman–Crippen LogP) is 5.33. The van der Waals surface area contributed by atoms with Gasteiger partial charge in [0.05, 0.1) is 22.9 Å². The van der Waals surface area contributed by atoms with Gasteiger partial charge in [0, 0.05) is 17.5 Å². The van der Waals surface area contributed by atoms with Gasteiger partial charge in [-0.15, -0.1) is 0 Å². The summed E-state index contributed by atoms with van der Waals surface area (Å²) in [4.78, 5) is 12.5. The Morgan fingerprint density at radius 1 is 0.968 bits per heavy atom. The minimum absolute atomic E-state index is 0.127. The lowest BCUT2D eigenvalue weighted by molar-refractivity contribution is -0.115. The van der Waals surface area contributed by atoms with Crippen molar-refractivity contribution in [1.29, 1.82) is 0 Å². The van der Waals surface area contributed by atoms with Gasteiger partial charge in [0.15, 0.2) is 15.6 Å². The van der Waals surface area contributed by atoms with Gasteiger partial charge in [-0.2, -0.15) is 0 Å². The van der Waals surface area contributed by atoms with Crippen molar-refractivity contribution in [3.63, 3.8) is 0 Å². The third-order valence-electron chi connectivity index (χ3n) is 4.28. The van der Waals surface area contributed by atoms with E-state index >= 15 is 0 Å². The molecule has 0 aliphatic rings. The average Bonchev–Trinajstić information content (AvgIpc) is 2.75. The number of sulfone groups is 1. The Morgan fingerprint density at radius 2 is 1.68 bits per heavy atom. The number of hydrogen-bond acceptors (Lipinski definition) is 5. The van der Waals surface area contributed by atoms with Crippen molar-refractivity contribution in [2.45, 2.75) is 18.2 Å². The van der Waals surface area contributed by atoms with Gasteiger partial charge in [0.2, 0.25) is 5.91 Å². The highest BCUT2D eigenvalue weighted by atomic mass is 35.5. The van der Waals surface area contributed by atoms with Crippen LogP contribution in [0.3, 0.4) is 0 Å². The zero-order valence-corrected chi connectivity index (χ0v) is 18.4. The molecule has 0 saturated carbocycles. The molecule has 3 aromatic carbocycles. The highest BCUT2D eigenvalue weighted by Crippen LogP contribution is 2.31. The van der Waals surface area contributed by atoms with E-state index in [1.807, 2.05) is 19.1 Å². The number of amides is 1. The van der Waals surface area contributed by atoms with Crippen molar-refractivity contribution >= 4 is 33.0 Å². The van der Waals surface area contributed by atoms with Crippen molar-refractivity contribution in [1.82, 2.24) is 0 Å². The molecule has 0 radical (unpaired) electrons.